The van der Waals surface area contributed by atoms with Gasteiger partial charge in [0.25, 0.3) is 0 Å². The molecule has 1 spiro atoms. The van der Waals surface area contributed by atoms with Gasteiger partial charge in [0.1, 0.15) is 6.10 Å². The highest BCUT2D eigenvalue weighted by molar-refractivity contribution is 6.06. The summed E-state index contributed by atoms with van der Waals surface area (Å²) in [4.78, 5) is 12.2. The Morgan fingerprint density at radius 2 is 1.94 bits per heavy atom. The summed E-state index contributed by atoms with van der Waals surface area (Å²) in [6.45, 7) is 3.39. The Bertz CT molecular complexity index is 498. The largest absolute Gasteiger partial charge is 0.395 e. The van der Waals surface area contributed by atoms with Crippen molar-refractivity contribution in [1.82, 2.24) is 0 Å². The maximum atomic E-state index is 12.2. The first kappa shape index (κ1) is 12.1. The maximum Gasteiger partial charge on any atom is 0.192 e. The van der Waals surface area contributed by atoms with Crippen molar-refractivity contribution in [2.75, 3.05) is 6.61 Å². The predicted molar refractivity (Wildman–Crippen MR) is 64.7 cm³/mol. The maximum absolute atomic E-state index is 12.2. The molecule has 3 atom stereocenters. The molecule has 3 N–H and O–H groups in total. The molecule has 0 saturated heterocycles. The number of fused-ring (bicyclic) bond motifs is 1. The molecule has 0 aromatic rings. The first-order valence-electron chi connectivity index (χ1n) is 6.33. The lowest BCUT2D eigenvalue weighted by atomic mass is 9.75. The number of aliphatic hydroxyl groups excluding tert-OH is 3. The van der Waals surface area contributed by atoms with E-state index in [4.69, 9.17) is 0 Å². The summed E-state index contributed by atoms with van der Waals surface area (Å²) >= 11 is 0. The van der Waals surface area contributed by atoms with E-state index in [1.54, 1.807) is 13.0 Å². The second kappa shape index (κ2) is 3.32. The standard InChI is InChI=1S/C14H18O4/c1-7-9-8(5-13(2,6-15)11(9)17)10(16)12(18)14(7)3-4-14/h5,11-12,15,17-18H,3-4,6H2,1-2H3. The molecule has 0 aromatic carbocycles. The van der Waals surface area contributed by atoms with Crippen LogP contribution in [-0.4, -0.2) is 39.9 Å². The van der Waals surface area contributed by atoms with Crippen LogP contribution in [0.2, 0.25) is 0 Å². The molecule has 1 saturated carbocycles. The molecule has 1 fully saturated rings. The summed E-state index contributed by atoms with van der Waals surface area (Å²) in [5.74, 6) is -0.302. The Morgan fingerprint density at radius 1 is 1.33 bits per heavy atom. The van der Waals surface area contributed by atoms with Crippen LogP contribution < -0.4 is 0 Å². The molecule has 3 aliphatic rings. The Morgan fingerprint density at radius 3 is 2.44 bits per heavy atom. The van der Waals surface area contributed by atoms with E-state index in [0.29, 0.717) is 11.1 Å². The summed E-state index contributed by atoms with van der Waals surface area (Å²) in [7, 11) is 0. The summed E-state index contributed by atoms with van der Waals surface area (Å²) in [6, 6.07) is 0. The van der Waals surface area contributed by atoms with Gasteiger partial charge in [0.05, 0.1) is 12.7 Å². The number of Topliss-reactive ketones (excluding diaryl/α,β-unsaturated/α-hetero) is 1. The fraction of sp³-hybridized carbons (Fsp3) is 0.643. The van der Waals surface area contributed by atoms with Crippen molar-refractivity contribution >= 4 is 5.78 Å². The van der Waals surface area contributed by atoms with Gasteiger partial charge in [-0.05, 0) is 25.3 Å². The monoisotopic (exact) mass is 250 g/mol. The number of rotatable bonds is 1. The second-order valence-electron chi connectivity index (χ2n) is 6.09. The Hall–Kier alpha value is -0.970. The third kappa shape index (κ3) is 1.18. The van der Waals surface area contributed by atoms with Gasteiger partial charge in [0.15, 0.2) is 5.78 Å². The van der Waals surface area contributed by atoms with E-state index in [1.165, 1.54) is 0 Å². The van der Waals surface area contributed by atoms with Crippen molar-refractivity contribution in [1.29, 1.82) is 0 Å². The van der Waals surface area contributed by atoms with E-state index >= 15 is 0 Å². The summed E-state index contributed by atoms with van der Waals surface area (Å²) in [5.41, 5.74) is 0.708. The highest BCUT2D eigenvalue weighted by Crippen LogP contribution is 2.61. The summed E-state index contributed by atoms with van der Waals surface area (Å²) in [6.07, 6.45) is 1.38. The minimum atomic E-state index is -0.985. The van der Waals surface area contributed by atoms with Crippen LogP contribution in [0.1, 0.15) is 26.7 Å². The van der Waals surface area contributed by atoms with Gasteiger partial charge >= 0.3 is 0 Å². The number of hydrogen-bond acceptors (Lipinski definition) is 4. The molecule has 3 rings (SSSR count). The van der Waals surface area contributed by atoms with Crippen LogP contribution >= 0.6 is 0 Å². The minimum absolute atomic E-state index is 0.217. The Balaban J connectivity index is 2.20. The molecule has 3 unspecified atom stereocenters. The van der Waals surface area contributed by atoms with Crippen LogP contribution in [0.3, 0.4) is 0 Å². The lowest BCUT2D eigenvalue weighted by Gasteiger charge is -2.33. The summed E-state index contributed by atoms with van der Waals surface area (Å²) in [5, 5.41) is 29.9. The van der Waals surface area contributed by atoms with Crippen molar-refractivity contribution in [3.05, 3.63) is 22.8 Å². The highest BCUT2D eigenvalue weighted by Gasteiger charge is 2.60. The van der Waals surface area contributed by atoms with E-state index < -0.39 is 23.0 Å². The molecular weight excluding hydrogens is 232 g/mol. The SMILES string of the molecule is CC1=C2C(=CC(C)(CO)C2O)C(=O)C(O)C12CC2. The van der Waals surface area contributed by atoms with Gasteiger partial charge in [-0.3, -0.25) is 4.79 Å². The van der Waals surface area contributed by atoms with Gasteiger partial charge in [-0.15, -0.1) is 0 Å². The Kier molecular flexibility index (Phi) is 2.23. The summed E-state index contributed by atoms with van der Waals surface area (Å²) < 4.78 is 0. The van der Waals surface area contributed by atoms with Crippen molar-refractivity contribution in [3.63, 3.8) is 0 Å². The number of carbonyl (C=O) groups excluding carboxylic acids is 1. The lowest BCUT2D eigenvalue weighted by Crippen LogP contribution is -2.40. The zero-order valence-electron chi connectivity index (χ0n) is 10.6. The molecule has 0 bridgehead atoms. The average molecular weight is 250 g/mol. The minimum Gasteiger partial charge on any atom is -0.395 e. The van der Waals surface area contributed by atoms with Gasteiger partial charge in [-0.25, -0.2) is 0 Å². The normalized spacial score (nSPS) is 41.2. The van der Waals surface area contributed by atoms with Crippen LogP contribution in [0.15, 0.2) is 22.8 Å². The molecule has 3 aliphatic carbocycles. The van der Waals surface area contributed by atoms with E-state index in [1.807, 2.05) is 6.92 Å². The van der Waals surface area contributed by atoms with E-state index in [2.05, 4.69) is 0 Å². The van der Waals surface area contributed by atoms with E-state index in [9.17, 15) is 20.1 Å². The van der Waals surface area contributed by atoms with Crippen LogP contribution in [-0.2, 0) is 4.79 Å². The smallest absolute Gasteiger partial charge is 0.192 e. The van der Waals surface area contributed by atoms with Gasteiger partial charge in [0.2, 0.25) is 0 Å². The third-order valence-electron chi connectivity index (χ3n) is 4.98. The van der Waals surface area contributed by atoms with Crippen LogP contribution in [0.4, 0.5) is 0 Å². The zero-order chi connectivity index (χ0) is 13.3. The number of ketones is 1. The van der Waals surface area contributed by atoms with E-state index in [-0.39, 0.29) is 12.4 Å². The molecule has 0 aromatic heterocycles. The topological polar surface area (TPSA) is 77.8 Å². The van der Waals surface area contributed by atoms with Crippen LogP contribution in [0.5, 0.6) is 0 Å². The number of hydrogen-bond donors (Lipinski definition) is 3. The fourth-order valence-electron chi connectivity index (χ4n) is 3.36. The number of carbonyl (C=O) groups is 1. The van der Waals surface area contributed by atoms with Crippen molar-refractivity contribution < 1.29 is 20.1 Å². The van der Waals surface area contributed by atoms with Crippen LogP contribution in [0, 0.1) is 10.8 Å². The quantitative estimate of drug-likeness (QED) is 0.626. The molecular formula is C14H18O4. The van der Waals surface area contributed by atoms with Crippen molar-refractivity contribution in [2.24, 2.45) is 10.8 Å². The fourth-order valence-corrected chi connectivity index (χ4v) is 3.36. The molecule has 18 heavy (non-hydrogen) atoms. The van der Waals surface area contributed by atoms with Crippen molar-refractivity contribution in [2.45, 2.75) is 38.9 Å². The highest BCUT2D eigenvalue weighted by atomic mass is 16.3. The number of aliphatic hydroxyl groups is 3. The molecule has 0 amide bonds. The van der Waals surface area contributed by atoms with Gasteiger partial charge in [-0.1, -0.05) is 18.6 Å². The molecule has 0 heterocycles. The third-order valence-corrected chi connectivity index (χ3v) is 4.98. The first-order valence-corrected chi connectivity index (χ1v) is 6.33. The van der Waals surface area contributed by atoms with E-state index in [0.717, 1.165) is 18.4 Å². The van der Waals surface area contributed by atoms with Gasteiger partial charge in [-0.2, -0.15) is 0 Å². The first-order chi connectivity index (χ1) is 8.37. The molecule has 0 radical (unpaired) electrons. The van der Waals surface area contributed by atoms with Crippen molar-refractivity contribution in [3.8, 4) is 0 Å². The van der Waals surface area contributed by atoms with Gasteiger partial charge in [0, 0.05) is 16.4 Å². The lowest BCUT2D eigenvalue weighted by molar-refractivity contribution is -0.126. The average Bonchev–Trinajstić information content (AvgIpc) is 3.10. The second-order valence-corrected chi connectivity index (χ2v) is 6.09. The zero-order valence-corrected chi connectivity index (χ0v) is 10.6. The van der Waals surface area contributed by atoms with Crippen LogP contribution in [0.25, 0.3) is 0 Å². The molecule has 4 heteroatoms. The van der Waals surface area contributed by atoms with Gasteiger partial charge < -0.3 is 15.3 Å². The Labute approximate surface area is 106 Å². The molecule has 4 nitrogen and oxygen atoms in total. The molecule has 98 valence electrons. The predicted octanol–water partition coefficient (Wildman–Crippen LogP) is 0.326. The molecule has 0 aliphatic heterocycles.